The molecule has 0 aliphatic carbocycles. The molecule has 0 aromatic heterocycles. The van der Waals surface area contributed by atoms with Crippen LogP contribution >= 0.6 is 23.4 Å². The molecule has 1 atom stereocenters. The Hall–Kier alpha value is -0.960. The topological polar surface area (TPSA) is 12.0 Å². The fourth-order valence-corrected chi connectivity index (χ4v) is 2.76. The third-order valence-electron chi connectivity index (χ3n) is 2.93. The summed E-state index contributed by atoms with van der Waals surface area (Å²) in [7, 11) is 0. The smallest absolute Gasteiger partial charge is 0.0406 e. The molecule has 0 saturated carbocycles. The van der Waals surface area contributed by atoms with E-state index in [1.807, 2.05) is 30.0 Å². The Bertz CT molecular complexity index is 484. The van der Waals surface area contributed by atoms with Crippen molar-refractivity contribution in [1.82, 2.24) is 5.32 Å². The molecule has 0 spiro atoms. The number of halogens is 1. The van der Waals surface area contributed by atoms with Gasteiger partial charge in [-0.15, -0.1) is 11.8 Å². The second-order valence-electron chi connectivity index (χ2n) is 4.39. The molecule has 2 aromatic carbocycles. The minimum atomic E-state index is 0.355. The van der Waals surface area contributed by atoms with Crippen LogP contribution in [0.25, 0.3) is 0 Å². The highest BCUT2D eigenvalue weighted by atomic mass is 35.5. The fraction of sp³-hybridized carbons (Fsp3) is 0.250. The predicted molar refractivity (Wildman–Crippen MR) is 85.0 cm³/mol. The van der Waals surface area contributed by atoms with E-state index in [9.17, 15) is 0 Å². The summed E-state index contributed by atoms with van der Waals surface area (Å²) < 4.78 is 0. The number of hydrogen-bond donors (Lipinski definition) is 1. The lowest BCUT2D eigenvalue weighted by Gasteiger charge is -2.14. The molecule has 0 unspecified atom stereocenters. The molecule has 0 radical (unpaired) electrons. The van der Waals surface area contributed by atoms with Crippen molar-refractivity contribution in [3.05, 3.63) is 65.2 Å². The van der Waals surface area contributed by atoms with Crippen molar-refractivity contribution in [2.75, 3.05) is 12.3 Å². The first-order chi connectivity index (χ1) is 9.25. The average Bonchev–Trinajstić information content (AvgIpc) is 2.45. The molecule has 0 heterocycles. The van der Waals surface area contributed by atoms with Crippen LogP contribution in [0.5, 0.6) is 0 Å². The molecule has 0 aliphatic rings. The van der Waals surface area contributed by atoms with Crippen LogP contribution in [0.2, 0.25) is 5.02 Å². The summed E-state index contributed by atoms with van der Waals surface area (Å²) >= 11 is 7.76. The largest absolute Gasteiger partial charge is 0.309 e. The second-order valence-corrected chi connectivity index (χ2v) is 5.99. The monoisotopic (exact) mass is 291 g/mol. The molecule has 0 saturated heterocycles. The molecule has 0 amide bonds. The molecule has 1 nitrogen and oxygen atoms in total. The van der Waals surface area contributed by atoms with Crippen molar-refractivity contribution in [3.8, 4) is 0 Å². The van der Waals surface area contributed by atoms with Crippen LogP contribution in [-0.2, 0) is 0 Å². The summed E-state index contributed by atoms with van der Waals surface area (Å²) in [6, 6.07) is 18.9. The lowest BCUT2D eigenvalue weighted by molar-refractivity contribution is 0.601. The van der Waals surface area contributed by atoms with Gasteiger partial charge in [0.15, 0.2) is 0 Å². The highest BCUT2D eigenvalue weighted by Crippen LogP contribution is 2.18. The lowest BCUT2D eigenvalue weighted by Crippen LogP contribution is -2.21. The van der Waals surface area contributed by atoms with Crippen LogP contribution in [0, 0.1) is 0 Å². The highest BCUT2D eigenvalue weighted by molar-refractivity contribution is 7.99. The number of nitrogens with one attached hydrogen (secondary N) is 1. The normalized spacial score (nSPS) is 12.3. The van der Waals surface area contributed by atoms with Crippen molar-refractivity contribution >= 4 is 23.4 Å². The summed E-state index contributed by atoms with van der Waals surface area (Å²) in [4.78, 5) is 1.32. The lowest BCUT2D eigenvalue weighted by atomic mass is 10.1. The molecule has 3 heteroatoms. The first-order valence-corrected chi connectivity index (χ1v) is 7.79. The minimum Gasteiger partial charge on any atom is -0.309 e. The van der Waals surface area contributed by atoms with Crippen LogP contribution in [0.3, 0.4) is 0 Å². The van der Waals surface area contributed by atoms with E-state index >= 15 is 0 Å². The third kappa shape index (κ3) is 4.90. The summed E-state index contributed by atoms with van der Waals surface area (Å²) in [5, 5.41) is 4.31. The molecule has 0 aliphatic heterocycles. The van der Waals surface area contributed by atoms with Crippen molar-refractivity contribution < 1.29 is 0 Å². The van der Waals surface area contributed by atoms with E-state index in [1.165, 1.54) is 10.5 Å². The van der Waals surface area contributed by atoms with Gasteiger partial charge in [-0.2, -0.15) is 0 Å². The van der Waals surface area contributed by atoms with Crippen molar-refractivity contribution in [2.45, 2.75) is 17.9 Å². The number of hydrogen-bond acceptors (Lipinski definition) is 2. The van der Waals surface area contributed by atoms with Gasteiger partial charge in [0.25, 0.3) is 0 Å². The van der Waals surface area contributed by atoms with E-state index in [0.29, 0.717) is 6.04 Å². The van der Waals surface area contributed by atoms with Gasteiger partial charge < -0.3 is 5.32 Å². The average molecular weight is 292 g/mol. The third-order valence-corrected chi connectivity index (χ3v) is 4.20. The quantitative estimate of drug-likeness (QED) is 0.607. The molecule has 100 valence electrons. The Morgan fingerprint density at radius 2 is 1.74 bits per heavy atom. The van der Waals surface area contributed by atoms with Gasteiger partial charge in [0.05, 0.1) is 0 Å². The van der Waals surface area contributed by atoms with Gasteiger partial charge in [-0.25, -0.2) is 0 Å². The van der Waals surface area contributed by atoms with E-state index in [-0.39, 0.29) is 0 Å². The molecule has 1 N–H and O–H groups in total. The summed E-state index contributed by atoms with van der Waals surface area (Å²) in [6.07, 6.45) is 0. The van der Waals surface area contributed by atoms with Crippen molar-refractivity contribution in [2.24, 2.45) is 0 Å². The zero-order valence-corrected chi connectivity index (χ0v) is 12.5. The Labute approximate surface area is 124 Å². The number of benzene rings is 2. The first-order valence-electron chi connectivity index (χ1n) is 6.42. The van der Waals surface area contributed by atoms with E-state index in [4.69, 9.17) is 11.6 Å². The predicted octanol–water partition coefficient (Wildman–Crippen LogP) is 4.78. The molecular weight excluding hydrogens is 274 g/mol. The maximum atomic E-state index is 5.89. The van der Waals surface area contributed by atoms with Gasteiger partial charge in [-0.3, -0.25) is 0 Å². The van der Waals surface area contributed by atoms with Gasteiger partial charge in [-0.05, 0) is 36.8 Å². The molecule has 2 aromatic rings. The van der Waals surface area contributed by atoms with E-state index < -0.39 is 0 Å². The maximum Gasteiger partial charge on any atom is 0.0406 e. The maximum absolute atomic E-state index is 5.89. The van der Waals surface area contributed by atoms with Crippen LogP contribution in [0.15, 0.2) is 59.5 Å². The van der Waals surface area contributed by atoms with Crippen LogP contribution < -0.4 is 5.32 Å². The zero-order chi connectivity index (χ0) is 13.5. The molecule has 19 heavy (non-hydrogen) atoms. The van der Waals surface area contributed by atoms with Gasteiger partial charge >= 0.3 is 0 Å². The van der Waals surface area contributed by atoms with Crippen LogP contribution in [-0.4, -0.2) is 12.3 Å². The first kappa shape index (κ1) is 14.4. The highest BCUT2D eigenvalue weighted by Gasteiger charge is 2.03. The SMILES string of the molecule is C[C@H](NCCSc1ccccc1)c1ccc(Cl)cc1. The van der Waals surface area contributed by atoms with Crippen LogP contribution in [0.1, 0.15) is 18.5 Å². The van der Waals surface area contributed by atoms with E-state index in [0.717, 1.165) is 17.3 Å². The zero-order valence-electron chi connectivity index (χ0n) is 11.0. The second kappa shape index (κ2) is 7.59. The summed E-state index contributed by atoms with van der Waals surface area (Å²) in [5.41, 5.74) is 1.27. The van der Waals surface area contributed by atoms with Crippen LogP contribution in [0.4, 0.5) is 0 Å². The number of thioether (sulfide) groups is 1. The Kier molecular flexibility index (Phi) is 5.77. The van der Waals surface area contributed by atoms with E-state index in [2.05, 4.69) is 48.6 Å². The summed E-state index contributed by atoms with van der Waals surface area (Å²) in [5.74, 6) is 1.07. The van der Waals surface area contributed by atoms with Crippen molar-refractivity contribution in [3.63, 3.8) is 0 Å². The Balaban J connectivity index is 1.72. The molecule has 0 fully saturated rings. The number of rotatable bonds is 6. The Morgan fingerprint density at radius 3 is 2.42 bits per heavy atom. The standard InChI is InChI=1S/C16H18ClNS/c1-13(14-7-9-15(17)10-8-14)18-11-12-19-16-5-3-2-4-6-16/h2-10,13,18H,11-12H2,1H3/t13-/m0/s1. The van der Waals surface area contributed by atoms with E-state index in [1.54, 1.807) is 0 Å². The molecule has 2 rings (SSSR count). The Morgan fingerprint density at radius 1 is 1.05 bits per heavy atom. The fourth-order valence-electron chi connectivity index (χ4n) is 1.83. The van der Waals surface area contributed by atoms with Gasteiger partial charge in [0.2, 0.25) is 0 Å². The summed E-state index contributed by atoms with van der Waals surface area (Å²) in [6.45, 7) is 3.17. The van der Waals surface area contributed by atoms with Gasteiger partial charge in [-0.1, -0.05) is 41.9 Å². The van der Waals surface area contributed by atoms with Crippen molar-refractivity contribution in [1.29, 1.82) is 0 Å². The minimum absolute atomic E-state index is 0.355. The van der Waals surface area contributed by atoms with Gasteiger partial charge in [0, 0.05) is 28.3 Å². The molecule has 0 bridgehead atoms. The molecular formula is C16H18ClNS. The van der Waals surface area contributed by atoms with Gasteiger partial charge in [0.1, 0.15) is 0 Å².